The van der Waals surface area contributed by atoms with Crippen LogP contribution in [0.4, 0.5) is 0 Å². The predicted molar refractivity (Wildman–Crippen MR) is 72.4 cm³/mol. The fraction of sp³-hybridized carbons (Fsp3) is 0.200. The molecular weight excluding hydrogens is 244 g/mol. The molecule has 2 aromatic rings. The molecule has 0 saturated heterocycles. The molecule has 0 aliphatic carbocycles. The van der Waals surface area contributed by atoms with Gasteiger partial charge in [-0.15, -0.1) is 0 Å². The summed E-state index contributed by atoms with van der Waals surface area (Å²) >= 11 is 0. The van der Waals surface area contributed by atoms with Gasteiger partial charge in [0, 0.05) is 23.9 Å². The molecule has 0 aliphatic heterocycles. The minimum absolute atomic E-state index is 0.0210. The van der Waals surface area contributed by atoms with E-state index in [2.05, 4.69) is 6.58 Å². The molecule has 0 saturated carbocycles. The van der Waals surface area contributed by atoms with Crippen LogP contribution in [-0.2, 0) is 4.79 Å². The summed E-state index contributed by atoms with van der Waals surface area (Å²) < 4.78 is 10.5. The number of hydrogen-bond donors (Lipinski definition) is 0. The van der Waals surface area contributed by atoms with Crippen LogP contribution in [0.25, 0.3) is 11.0 Å². The SMILES string of the molecule is C=C(C)C(=O)CCOc1ccc2ccc(=O)oc2c1. The molecule has 0 unspecified atom stereocenters. The van der Waals surface area contributed by atoms with Crippen molar-refractivity contribution in [3.05, 3.63) is 52.9 Å². The van der Waals surface area contributed by atoms with E-state index in [1.54, 1.807) is 31.2 Å². The lowest BCUT2D eigenvalue weighted by Gasteiger charge is -2.06. The Bertz CT molecular complexity index is 682. The molecule has 0 aliphatic rings. The van der Waals surface area contributed by atoms with Crippen molar-refractivity contribution in [2.75, 3.05) is 6.61 Å². The molecule has 98 valence electrons. The number of ketones is 1. The van der Waals surface area contributed by atoms with Crippen molar-refractivity contribution in [3.8, 4) is 5.75 Å². The fourth-order valence-electron chi connectivity index (χ4n) is 1.61. The predicted octanol–water partition coefficient (Wildman–Crippen LogP) is 2.71. The number of benzene rings is 1. The fourth-order valence-corrected chi connectivity index (χ4v) is 1.61. The number of carbonyl (C=O) groups excluding carboxylic acids is 1. The van der Waals surface area contributed by atoms with Crippen molar-refractivity contribution in [3.63, 3.8) is 0 Å². The molecule has 1 heterocycles. The normalized spacial score (nSPS) is 10.4. The summed E-state index contributed by atoms with van der Waals surface area (Å²) in [7, 11) is 0. The second-order valence-corrected chi connectivity index (χ2v) is 4.26. The van der Waals surface area contributed by atoms with Crippen LogP contribution in [-0.4, -0.2) is 12.4 Å². The van der Waals surface area contributed by atoms with Gasteiger partial charge in [0.25, 0.3) is 0 Å². The minimum atomic E-state index is -0.401. The molecular formula is C15H14O4. The van der Waals surface area contributed by atoms with Crippen molar-refractivity contribution in [2.45, 2.75) is 13.3 Å². The maximum atomic E-state index is 11.4. The third kappa shape index (κ3) is 3.31. The molecule has 1 aromatic heterocycles. The second-order valence-electron chi connectivity index (χ2n) is 4.26. The average Bonchev–Trinajstić information content (AvgIpc) is 2.38. The average molecular weight is 258 g/mol. The molecule has 0 bridgehead atoms. The van der Waals surface area contributed by atoms with Crippen LogP contribution in [0.3, 0.4) is 0 Å². The van der Waals surface area contributed by atoms with Crippen LogP contribution in [0.2, 0.25) is 0 Å². The Hall–Kier alpha value is -2.36. The molecule has 0 amide bonds. The summed E-state index contributed by atoms with van der Waals surface area (Å²) in [6.45, 7) is 5.52. The van der Waals surface area contributed by atoms with Gasteiger partial charge in [0.2, 0.25) is 0 Å². The van der Waals surface area contributed by atoms with E-state index in [9.17, 15) is 9.59 Å². The third-order valence-electron chi connectivity index (χ3n) is 2.67. The third-order valence-corrected chi connectivity index (χ3v) is 2.67. The lowest BCUT2D eigenvalue weighted by atomic mass is 10.2. The Morgan fingerprint density at radius 1 is 1.32 bits per heavy atom. The lowest BCUT2D eigenvalue weighted by Crippen LogP contribution is -2.06. The molecule has 0 atom stereocenters. The number of fused-ring (bicyclic) bond motifs is 1. The number of carbonyl (C=O) groups is 1. The summed E-state index contributed by atoms with van der Waals surface area (Å²) in [5, 5.41) is 0.824. The molecule has 1 aromatic carbocycles. The number of Topliss-reactive ketones (excluding diaryl/α,β-unsaturated/α-hetero) is 1. The van der Waals surface area contributed by atoms with Gasteiger partial charge in [0.1, 0.15) is 11.3 Å². The van der Waals surface area contributed by atoms with Crippen LogP contribution in [0, 0.1) is 0 Å². The minimum Gasteiger partial charge on any atom is -0.493 e. The highest BCUT2D eigenvalue weighted by Crippen LogP contribution is 2.19. The lowest BCUT2D eigenvalue weighted by molar-refractivity contribution is -0.115. The van der Waals surface area contributed by atoms with E-state index in [-0.39, 0.29) is 18.8 Å². The van der Waals surface area contributed by atoms with Crippen LogP contribution < -0.4 is 10.4 Å². The van der Waals surface area contributed by atoms with Crippen LogP contribution in [0.1, 0.15) is 13.3 Å². The van der Waals surface area contributed by atoms with Gasteiger partial charge in [-0.25, -0.2) is 4.79 Å². The zero-order valence-corrected chi connectivity index (χ0v) is 10.6. The number of hydrogen-bond acceptors (Lipinski definition) is 4. The maximum absolute atomic E-state index is 11.4. The highest BCUT2D eigenvalue weighted by atomic mass is 16.5. The first kappa shape index (κ1) is 13.1. The number of allylic oxidation sites excluding steroid dienone is 1. The first-order chi connectivity index (χ1) is 9.06. The Kier molecular flexibility index (Phi) is 3.80. The Morgan fingerprint density at radius 3 is 2.79 bits per heavy atom. The van der Waals surface area contributed by atoms with Crippen molar-refractivity contribution in [2.24, 2.45) is 0 Å². The van der Waals surface area contributed by atoms with E-state index < -0.39 is 5.63 Å². The van der Waals surface area contributed by atoms with Gasteiger partial charge >= 0.3 is 5.63 Å². The highest BCUT2D eigenvalue weighted by Gasteiger charge is 2.04. The molecule has 0 N–H and O–H groups in total. The van der Waals surface area contributed by atoms with Crippen molar-refractivity contribution in [1.29, 1.82) is 0 Å². The molecule has 0 fully saturated rings. The van der Waals surface area contributed by atoms with Crippen molar-refractivity contribution >= 4 is 16.8 Å². The highest BCUT2D eigenvalue weighted by molar-refractivity contribution is 5.94. The standard InChI is InChI=1S/C15H14O4/c1-10(2)13(16)7-8-18-12-5-3-11-4-6-15(17)19-14(11)9-12/h3-6,9H,1,7-8H2,2H3. The Labute approximate surface area is 110 Å². The second kappa shape index (κ2) is 5.52. The van der Waals surface area contributed by atoms with E-state index in [4.69, 9.17) is 9.15 Å². The molecule has 0 radical (unpaired) electrons. The Balaban J connectivity index is 2.07. The summed E-state index contributed by atoms with van der Waals surface area (Å²) in [6, 6.07) is 8.27. The summed E-state index contributed by atoms with van der Waals surface area (Å²) in [4.78, 5) is 22.5. The van der Waals surface area contributed by atoms with Gasteiger partial charge in [-0.2, -0.15) is 0 Å². The number of rotatable bonds is 5. The smallest absolute Gasteiger partial charge is 0.336 e. The summed E-state index contributed by atoms with van der Waals surface area (Å²) in [6.07, 6.45) is 0.284. The summed E-state index contributed by atoms with van der Waals surface area (Å²) in [5.74, 6) is 0.545. The summed E-state index contributed by atoms with van der Waals surface area (Å²) in [5.41, 5.74) is 0.589. The maximum Gasteiger partial charge on any atom is 0.336 e. The largest absolute Gasteiger partial charge is 0.493 e. The van der Waals surface area contributed by atoms with Gasteiger partial charge < -0.3 is 9.15 Å². The first-order valence-electron chi connectivity index (χ1n) is 5.92. The quantitative estimate of drug-likeness (QED) is 0.611. The van der Waals surface area contributed by atoms with E-state index in [1.807, 2.05) is 0 Å². The zero-order valence-electron chi connectivity index (χ0n) is 10.6. The Morgan fingerprint density at radius 2 is 2.05 bits per heavy atom. The molecule has 4 heteroatoms. The van der Waals surface area contributed by atoms with E-state index in [0.717, 1.165) is 5.39 Å². The van der Waals surface area contributed by atoms with Gasteiger partial charge in [-0.1, -0.05) is 6.58 Å². The van der Waals surface area contributed by atoms with Crippen molar-refractivity contribution in [1.82, 2.24) is 0 Å². The molecule has 0 spiro atoms. The van der Waals surface area contributed by atoms with Crippen LogP contribution in [0.5, 0.6) is 5.75 Å². The monoisotopic (exact) mass is 258 g/mol. The van der Waals surface area contributed by atoms with E-state index in [0.29, 0.717) is 16.9 Å². The van der Waals surface area contributed by atoms with E-state index >= 15 is 0 Å². The van der Waals surface area contributed by atoms with Gasteiger partial charge in [0.05, 0.1) is 6.61 Å². The van der Waals surface area contributed by atoms with Crippen molar-refractivity contribution < 1.29 is 13.9 Å². The van der Waals surface area contributed by atoms with Gasteiger partial charge in [-0.3, -0.25) is 4.79 Å². The van der Waals surface area contributed by atoms with Gasteiger partial charge in [-0.05, 0) is 30.7 Å². The number of ether oxygens (including phenoxy) is 1. The first-order valence-corrected chi connectivity index (χ1v) is 5.92. The molecule has 19 heavy (non-hydrogen) atoms. The molecule has 4 nitrogen and oxygen atoms in total. The van der Waals surface area contributed by atoms with Crippen LogP contribution >= 0.6 is 0 Å². The van der Waals surface area contributed by atoms with Gasteiger partial charge in [0.15, 0.2) is 5.78 Å². The topological polar surface area (TPSA) is 56.5 Å². The van der Waals surface area contributed by atoms with Crippen LogP contribution in [0.15, 0.2) is 51.7 Å². The van der Waals surface area contributed by atoms with E-state index in [1.165, 1.54) is 6.07 Å². The zero-order chi connectivity index (χ0) is 13.8. The molecule has 2 rings (SSSR count).